The topological polar surface area (TPSA) is 0 Å². The standard InChI is InChI=1S/C12H23Br/c1-4-6-7-9-12(13)10-11(3)8-5-2/h9,11H,4-8,10H2,1-3H3/b12-9+. The van der Waals surface area contributed by atoms with Gasteiger partial charge in [-0.1, -0.05) is 68.5 Å². The molecular weight excluding hydrogens is 224 g/mol. The van der Waals surface area contributed by atoms with E-state index in [4.69, 9.17) is 0 Å². The summed E-state index contributed by atoms with van der Waals surface area (Å²) in [4.78, 5) is 0. The van der Waals surface area contributed by atoms with E-state index in [0.717, 1.165) is 5.92 Å². The highest BCUT2D eigenvalue weighted by Crippen LogP contribution is 2.21. The first-order valence-electron chi connectivity index (χ1n) is 5.55. The minimum atomic E-state index is 0.831. The van der Waals surface area contributed by atoms with Gasteiger partial charge in [0.1, 0.15) is 0 Å². The lowest BCUT2D eigenvalue weighted by molar-refractivity contribution is 0.529. The molecule has 0 N–H and O–H groups in total. The van der Waals surface area contributed by atoms with Gasteiger partial charge in [0.2, 0.25) is 0 Å². The highest BCUT2D eigenvalue weighted by atomic mass is 79.9. The van der Waals surface area contributed by atoms with E-state index in [2.05, 4.69) is 42.8 Å². The van der Waals surface area contributed by atoms with Crippen molar-refractivity contribution in [2.24, 2.45) is 5.92 Å². The Labute approximate surface area is 91.9 Å². The molecule has 0 amide bonds. The van der Waals surface area contributed by atoms with E-state index in [1.54, 1.807) is 0 Å². The lowest BCUT2D eigenvalue weighted by Crippen LogP contribution is -1.93. The second-order valence-corrected chi connectivity index (χ2v) is 4.91. The summed E-state index contributed by atoms with van der Waals surface area (Å²) in [7, 11) is 0. The molecule has 0 aliphatic carbocycles. The van der Waals surface area contributed by atoms with Crippen LogP contribution in [0.5, 0.6) is 0 Å². The van der Waals surface area contributed by atoms with Gasteiger partial charge in [-0.15, -0.1) is 0 Å². The van der Waals surface area contributed by atoms with Crippen LogP contribution in [-0.4, -0.2) is 0 Å². The van der Waals surface area contributed by atoms with Crippen LogP contribution in [0.2, 0.25) is 0 Å². The van der Waals surface area contributed by atoms with E-state index in [1.165, 1.54) is 43.0 Å². The molecule has 0 aromatic heterocycles. The van der Waals surface area contributed by atoms with Crippen molar-refractivity contribution in [3.05, 3.63) is 10.6 Å². The second-order valence-electron chi connectivity index (χ2n) is 3.89. The van der Waals surface area contributed by atoms with Crippen molar-refractivity contribution in [3.8, 4) is 0 Å². The van der Waals surface area contributed by atoms with Crippen LogP contribution in [-0.2, 0) is 0 Å². The maximum Gasteiger partial charge on any atom is -0.00866 e. The van der Waals surface area contributed by atoms with Crippen LogP contribution >= 0.6 is 15.9 Å². The van der Waals surface area contributed by atoms with Gasteiger partial charge >= 0.3 is 0 Å². The molecule has 78 valence electrons. The Morgan fingerprint density at radius 2 is 2.00 bits per heavy atom. The molecule has 0 spiro atoms. The second kappa shape index (κ2) is 8.80. The predicted octanol–water partition coefficient (Wildman–Crippen LogP) is 5.28. The van der Waals surface area contributed by atoms with Gasteiger partial charge in [0.05, 0.1) is 0 Å². The highest BCUT2D eigenvalue weighted by molar-refractivity contribution is 9.11. The summed E-state index contributed by atoms with van der Waals surface area (Å²) in [6, 6.07) is 0. The fourth-order valence-electron chi connectivity index (χ4n) is 1.47. The Bertz CT molecular complexity index is 138. The summed E-state index contributed by atoms with van der Waals surface area (Å²) in [5, 5.41) is 0. The van der Waals surface area contributed by atoms with Crippen molar-refractivity contribution in [3.63, 3.8) is 0 Å². The molecule has 0 saturated heterocycles. The van der Waals surface area contributed by atoms with E-state index < -0.39 is 0 Å². The van der Waals surface area contributed by atoms with Gasteiger partial charge in [-0.2, -0.15) is 0 Å². The van der Waals surface area contributed by atoms with E-state index in [9.17, 15) is 0 Å². The first-order valence-corrected chi connectivity index (χ1v) is 6.34. The van der Waals surface area contributed by atoms with E-state index in [0.29, 0.717) is 0 Å². The SMILES string of the molecule is CCCC/C=C(/Br)CC(C)CCC. The van der Waals surface area contributed by atoms with Gasteiger partial charge in [-0.05, 0) is 23.2 Å². The molecule has 0 rings (SSSR count). The van der Waals surface area contributed by atoms with Gasteiger partial charge in [0.25, 0.3) is 0 Å². The minimum Gasteiger partial charge on any atom is -0.0744 e. The van der Waals surface area contributed by atoms with Gasteiger partial charge in [-0.25, -0.2) is 0 Å². The molecule has 0 bridgehead atoms. The molecule has 1 atom stereocenters. The molecule has 0 saturated carbocycles. The van der Waals surface area contributed by atoms with Gasteiger partial charge < -0.3 is 0 Å². The third-order valence-electron chi connectivity index (χ3n) is 2.25. The largest absolute Gasteiger partial charge is 0.0744 e. The van der Waals surface area contributed by atoms with E-state index in [-0.39, 0.29) is 0 Å². The first-order chi connectivity index (χ1) is 6.20. The van der Waals surface area contributed by atoms with Crippen molar-refractivity contribution in [2.75, 3.05) is 0 Å². The quantitative estimate of drug-likeness (QED) is 0.537. The van der Waals surface area contributed by atoms with Gasteiger partial charge in [0.15, 0.2) is 0 Å². The lowest BCUT2D eigenvalue weighted by atomic mass is 10.0. The molecule has 13 heavy (non-hydrogen) atoms. The van der Waals surface area contributed by atoms with Crippen LogP contribution in [0.1, 0.15) is 59.3 Å². The summed E-state index contributed by atoms with van der Waals surface area (Å²) in [6.07, 6.45) is 10.1. The molecular formula is C12H23Br. The van der Waals surface area contributed by atoms with Gasteiger partial charge in [0, 0.05) is 0 Å². The monoisotopic (exact) mass is 246 g/mol. The fraction of sp³-hybridized carbons (Fsp3) is 0.833. The first kappa shape index (κ1) is 13.2. The average molecular weight is 247 g/mol. The highest BCUT2D eigenvalue weighted by Gasteiger charge is 2.01. The summed E-state index contributed by atoms with van der Waals surface area (Å²) in [5.74, 6) is 0.831. The van der Waals surface area contributed by atoms with Crippen LogP contribution in [0.3, 0.4) is 0 Å². The molecule has 1 heteroatoms. The molecule has 0 aliphatic heterocycles. The van der Waals surface area contributed by atoms with Crippen LogP contribution in [0.15, 0.2) is 10.6 Å². The Morgan fingerprint density at radius 3 is 2.54 bits per heavy atom. The Morgan fingerprint density at radius 1 is 1.31 bits per heavy atom. The molecule has 0 aromatic carbocycles. The van der Waals surface area contributed by atoms with Crippen molar-refractivity contribution in [1.29, 1.82) is 0 Å². The number of rotatable bonds is 7. The Kier molecular flexibility index (Phi) is 8.95. The summed E-state index contributed by atoms with van der Waals surface area (Å²) in [5.41, 5.74) is 0. The van der Waals surface area contributed by atoms with Crippen molar-refractivity contribution < 1.29 is 0 Å². The average Bonchev–Trinajstić information content (AvgIpc) is 2.05. The zero-order valence-electron chi connectivity index (χ0n) is 9.28. The minimum absolute atomic E-state index is 0.831. The summed E-state index contributed by atoms with van der Waals surface area (Å²) in [6.45, 7) is 6.82. The normalized spacial score (nSPS) is 14.6. The molecule has 0 heterocycles. The lowest BCUT2D eigenvalue weighted by Gasteiger charge is -2.08. The number of halogens is 1. The number of hydrogen-bond acceptors (Lipinski definition) is 0. The van der Waals surface area contributed by atoms with Crippen LogP contribution in [0, 0.1) is 5.92 Å². The zero-order chi connectivity index (χ0) is 10.1. The molecule has 0 aromatic rings. The third-order valence-corrected chi connectivity index (χ3v) is 2.90. The molecule has 0 nitrogen and oxygen atoms in total. The molecule has 0 fully saturated rings. The Hall–Kier alpha value is 0.220. The number of unbranched alkanes of at least 4 members (excludes halogenated alkanes) is 2. The number of hydrogen-bond donors (Lipinski definition) is 0. The van der Waals surface area contributed by atoms with Crippen molar-refractivity contribution >= 4 is 15.9 Å². The van der Waals surface area contributed by atoms with Crippen LogP contribution in [0.25, 0.3) is 0 Å². The predicted molar refractivity (Wildman–Crippen MR) is 65.2 cm³/mol. The fourth-order valence-corrected chi connectivity index (χ4v) is 2.26. The van der Waals surface area contributed by atoms with Crippen molar-refractivity contribution in [1.82, 2.24) is 0 Å². The van der Waals surface area contributed by atoms with Crippen LogP contribution < -0.4 is 0 Å². The van der Waals surface area contributed by atoms with Gasteiger partial charge in [-0.3, -0.25) is 0 Å². The number of allylic oxidation sites excluding steroid dienone is 2. The maximum absolute atomic E-state index is 3.64. The van der Waals surface area contributed by atoms with E-state index >= 15 is 0 Å². The Balaban J connectivity index is 3.58. The van der Waals surface area contributed by atoms with Crippen LogP contribution in [0.4, 0.5) is 0 Å². The zero-order valence-corrected chi connectivity index (χ0v) is 10.9. The van der Waals surface area contributed by atoms with E-state index in [1.807, 2.05) is 0 Å². The smallest absolute Gasteiger partial charge is 0.00866 e. The molecule has 0 radical (unpaired) electrons. The maximum atomic E-state index is 3.64. The summed E-state index contributed by atoms with van der Waals surface area (Å²) >= 11 is 3.64. The van der Waals surface area contributed by atoms with Crippen molar-refractivity contribution in [2.45, 2.75) is 59.3 Å². The third kappa shape index (κ3) is 8.55. The molecule has 1 unspecified atom stereocenters. The molecule has 0 aliphatic rings. The summed E-state index contributed by atoms with van der Waals surface area (Å²) < 4.78 is 1.40.